The lowest BCUT2D eigenvalue weighted by Crippen LogP contribution is -2.26. The van der Waals surface area contributed by atoms with Crippen LogP contribution >= 0.6 is 34.8 Å². The Bertz CT molecular complexity index is 180. The molecule has 1 aliphatic heterocycles. The Kier molecular flexibility index (Phi) is 2.47. The molecule has 0 unspecified atom stereocenters. The van der Waals surface area contributed by atoms with Gasteiger partial charge in [0.25, 0.3) is 10.1 Å². The lowest BCUT2D eigenvalue weighted by atomic mass is 10.5. The summed E-state index contributed by atoms with van der Waals surface area (Å²) in [5.74, 6) is 1.31. The molecule has 0 aliphatic carbocycles. The zero-order chi connectivity index (χ0) is 8.65. The van der Waals surface area contributed by atoms with Gasteiger partial charge in [-0.3, -0.25) is 0 Å². The maximum Gasteiger partial charge on any atom is 0.287 e. The fourth-order valence-corrected chi connectivity index (χ4v) is 0.912. The van der Waals surface area contributed by atoms with Gasteiger partial charge in [0.2, 0.25) is 0 Å². The van der Waals surface area contributed by atoms with Crippen LogP contribution in [-0.2, 0) is 9.47 Å². The molecule has 0 amide bonds. The topological polar surface area (TPSA) is 18.5 Å². The van der Waals surface area contributed by atoms with E-state index < -0.39 is 10.1 Å². The highest BCUT2D eigenvalue weighted by molar-refractivity contribution is 6.67. The largest absolute Gasteiger partial charge is 0.452 e. The number of halogens is 3. The molecule has 64 valence electrons. The molecule has 0 N–H and O–H groups in total. The molecule has 2 nitrogen and oxygen atoms in total. The second kappa shape index (κ2) is 2.92. The molecule has 0 aromatic carbocycles. The summed E-state index contributed by atoms with van der Waals surface area (Å²) in [7, 11) is 0. The number of allylic oxidation sites excluding steroid dienone is 2. The van der Waals surface area contributed by atoms with E-state index in [-0.39, 0.29) is 0 Å². The molecule has 0 saturated heterocycles. The number of hydrogen-bond donors (Lipinski definition) is 0. The standard InChI is InChI=1S/C6H7Cl3O2/c1-3-4(2)11-5(10-3)6(7,8)9/h5H,1-2H3. The predicted octanol–water partition coefficient (Wildman–Crippen LogP) is 2.98. The van der Waals surface area contributed by atoms with Crippen LogP contribution in [0, 0.1) is 0 Å². The molecule has 0 aromatic heterocycles. The second-order valence-electron chi connectivity index (χ2n) is 2.22. The smallest absolute Gasteiger partial charge is 0.287 e. The van der Waals surface area contributed by atoms with E-state index in [4.69, 9.17) is 44.3 Å². The lowest BCUT2D eigenvalue weighted by Gasteiger charge is -2.18. The fourth-order valence-electron chi connectivity index (χ4n) is 0.645. The van der Waals surface area contributed by atoms with E-state index in [0.29, 0.717) is 11.5 Å². The van der Waals surface area contributed by atoms with Crippen molar-refractivity contribution in [3.8, 4) is 0 Å². The van der Waals surface area contributed by atoms with Crippen molar-refractivity contribution in [2.75, 3.05) is 0 Å². The second-order valence-corrected chi connectivity index (χ2v) is 4.59. The molecule has 5 heteroatoms. The molecule has 0 radical (unpaired) electrons. The monoisotopic (exact) mass is 216 g/mol. The third-order valence-electron chi connectivity index (χ3n) is 1.33. The third kappa shape index (κ3) is 2.08. The van der Waals surface area contributed by atoms with Gasteiger partial charge in [0.1, 0.15) is 11.5 Å². The zero-order valence-corrected chi connectivity index (χ0v) is 8.30. The first-order chi connectivity index (χ1) is 4.91. The minimum atomic E-state index is -1.53. The quantitative estimate of drug-likeness (QED) is 0.581. The van der Waals surface area contributed by atoms with Gasteiger partial charge >= 0.3 is 0 Å². The van der Waals surface area contributed by atoms with E-state index in [0.717, 1.165) is 0 Å². The summed E-state index contributed by atoms with van der Waals surface area (Å²) in [6.45, 7) is 3.51. The highest BCUT2D eigenvalue weighted by Gasteiger charge is 2.40. The maximum atomic E-state index is 5.52. The van der Waals surface area contributed by atoms with Crippen molar-refractivity contribution in [3.05, 3.63) is 11.5 Å². The fraction of sp³-hybridized carbons (Fsp3) is 0.667. The van der Waals surface area contributed by atoms with Gasteiger partial charge in [-0.1, -0.05) is 34.8 Å². The highest BCUT2D eigenvalue weighted by Crippen LogP contribution is 2.38. The molecule has 11 heavy (non-hydrogen) atoms. The van der Waals surface area contributed by atoms with Crippen molar-refractivity contribution >= 4 is 34.8 Å². The molecular formula is C6H7Cl3O2. The SMILES string of the molecule is CC1=C(C)OC(C(Cl)(Cl)Cl)O1. The van der Waals surface area contributed by atoms with Crippen LogP contribution in [0.5, 0.6) is 0 Å². The van der Waals surface area contributed by atoms with Crippen LogP contribution in [0.1, 0.15) is 13.8 Å². The van der Waals surface area contributed by atoms with Crippen LogP contribution in [0.15, 0.2) is 11.5 Å². The Hall–Kier alpha value is 0.210. The van der Waals surface area contributed by atoms with Gasteiger partial charge in [-0.2, -0.15) is 0 Å². The van der Waals surface area contributed by atoms with E-state index in [1.54, 1.807) is 13.8 Å². The molecule has 0 bridgehead atoms. The Morgan fingerprint density at radius 2 is 1.45 bits per heavy atom. The van der Waals surface area contributed by atoms with Gasteiger partial charge in [-0.25, -0.2) is 0 Å². The van der Waals surface area contributed by atoms with Crippen LogP contribution in [0.25, 0.3) is 0 Å². The van der Waals surface area contributed by atoms with Crippen LogP contribution < -0.4 is 0 Å². The molecule has 0 aromatic rings. The van der Waals surface area contributed by atoms with E-state index >= 15 is 0 Å². The summed E-state index contributed by atoms with van der Waals surface area (Å²) in [5.41, 5.74) is 0. The average molecular weight is 217 g/mol. The Morgan fingerprint density at radius 1 is 1.09 bits per heavy atom. The van der Waals surface area contributed by atoms with Gasteiger partial charge in [-0.05, 0) is 13.8 Å². The van der Waals surface area contributed by atoms with E-state index in [9.17, 15) is 0 Å². The highest BCUT2D eigenvalue weighted by atomic mass is 35.6. The van der Waals surface area contributed by atoms with Crippen LogP contribution in [0.3, 0.4) is 0 Å². The minimum Gasteiger partial charge on any atom is -0.452 e. The van der Waals surface area contributed by atoms with Crippen molar-refractivity contribution in [2.45, 2.75) is 23.9 Å². The molecule has 0 fully saturated rings. The minimum absolute atomic E-state index is 0.654. The van der Waals surface area contributed by atoms with Crippen molar-refractivity contribution in [1.82, 2.24) is 0 Å². The first kappa shape index (κ1) is 9.30. The van der Waals surface area contributed by atoms with Crippen LogP contribution in [0.2, 0.25) is 0 Å². The van der Waals surface area contributed by atoms with E-state index in [2.05, 4.69) is 0 Å². The molecule has 0 saturated carbocycles. The molecule has 1 heterocycles. The average Bonchev–Trinajstić information content (AvgIpc) is 2.11. The van der Waals surface area contributed by atoms with Gasteiger partial charge < -0.3 is 9.47 Å². The molecular weight excluding hydrogens is 210 g/mol. The third-order valence-corrected chi connectivity index (χ3v) is 1.87. The summed E-state index contributed by atoms with van der Waals surface area (Å²) in [6.07, 6.45) is -0.813. The Balaban J connectivity index is 2.62. The van der Waals surface area contributed by atoms with Crippen LogP contribution in [-0.4, -0.2) is 10.1 Å². The Morgan fingerprint density at radius 3 is 1.64 bits per heavy atom. The van der Waals surface area contributed by atoms with E-state index in [1.165, 1.54) is 0 Å². The summed E-state index contributed by atoms with van der Waals surface area (Å²) < 4.78 is 8.67. The first-order valence-corrected chi connectivity index (χ1v) is 4.12. The molecule has 0 atom stereocenters. The van der Waals surface area contributed by atoms with Crippen molar-refractivity contribution in [3.63, 3.8) is 0 Å². The van der Waals surface area contributed by atoms with Crippen molar-refractivity contribution < 1.29 is 9.47 Å². The number of rotatable bonds is 0. The van der Waals surface area contributed by atoms with Gasteiger partial charge in [0.05, 0.1) is 0 Å². The van der Waals surface area contributed by atoms with Crippen LogP contribution in [0.4, 0.5) is 0 Å². The number of ether oxygens (including phenoxy) is 2. The summed E-state index contributed by atoms with van der Waals surface area (Å²) in [5, 5.41) is 0. The van der Waals surface area contributed by atoms with Crippen molar-refractivity contribution in [1.29, 1.82) is 0 Å². The summed E-state index contributed by atoms with van der Waals surface area (Å²) in [6, 6.07) is 0. The van der Waals surface area contributed by atoms with E-state index in [1.807, 2.05) is 0 Å². The normalized spacial score (nSPS) is 20.1. The zero-order valence-electron chi connectivity index (χ0n) is 6.03. The molecule has 1 rings (SSSR count). The first-order valence-electron chi connectivity index (χ1n) is 2.99. The van der Waals surface area contributed by atoms with Crippen molar-refractivity contribution in [2.24, 2.45) is 0 Å². The maximum absolute atomic E-state index is 5.52. The van der Waals surface area contributed by atoms with Gasteiger partial charge in [-0.15, -0.1) is 0 Å². The summed E-state index contributed by atoms with van der Waals surface area (Å²) in [4.78, 5) is 0. The lowest BCUT2D eigenvalue weighted by molar-refractivity contribution is -0.0340. The van der Waals surface area contributed by atoms with Gasteiger partial charge in [0.15, 0.2) is 0 Å². The molecule has 0 spiro atoms. The Labute approximate surface area is 80.0 Å². The predicted molar refractivity (Wildman–Crippen MR) is 44.6 cm³/mol. The molecule has 1 aliphatic rings. The number of hydrogen-bond acceptors (Lipinski definition) is 2. The number of alkyl halides is 3. The van der Waals surface area contributed by atoms with Gasteiger partial charge in [0, 0.05) is 0 Å². The summed E-state index contributed by atoms with van der Waals surface area (Å²) >= 11 is 16.6.